The van der Waals surface area contributed by atoms with Crippen LogP contribution in [0.3, 0.4) is 0 Å². The van der Waals surface area contributed by atoms with E-state index in [2.05, 4.69) is 54.6 Å². The summed E-state index contributed by atoms with van der Waals surface area (Å²) in [6.45, 7) is 9.29. The van der Waals surface area contributed by atoms with Crippen molar-refractivity contribution in [3.63, 3.8) is 0 Å². The van der Waals surface area contributed by atoms with E-state index in [1.54, 1.807) is 0 Å². The van der Waals surface area contributed by atoms with Crippen molar-refractivity contribution in [2.45, 2.75) is 33.1 Å². The van der Waals surface area contributed by atoms with E-state index in [1.807, 2.05) is 6.07 Å². The Hall–Kier alpha value is -1.36. The fourth-order valence-corrected chi connectivity index (χ4v) is 1.82. The molecule has 0 spiro atoms. The van der Waals surface area contributed by atoms with Crippen molar-refractivity contribution in [3.8, 4) is 0 Å². The van der Waals surface area contributed by atoms with Crippen molar-refractivity contribution >= 4 is 11.6 Å². The summed E-state index contributed by atoms with van der Waals surface area (Å²) in [5, 5.41) is 0. The second-order valence-corrected chi connectivity index (χ2v) is 5.45. The molecule has 108 valence electrons. The molecule has 0 amide bonds. The predicted molar refractivity (Wildman–Crippen MR) is 81.6 cm³/mol. The van der Waals surface area contributed by atoms with Gasteiger partial charge >= 0.3 is 0 Å². The van der Waals surface area contributed by atoms with Gasteiger partial charge in [0.05, 0.1) is 0 Å². The fourth-order valence-electron chi connectivity index (χ4n) is 1.82. The maximum atomic E-state index is 5.90. The van der Waals surface area contributed by atoms with Gasteiger partial charge in [0.25, 0.3) is 0 Å². The van der Waals surface area contributed by atoms with Crippen LogP contribution in [-0.4, -0.2) is 48.6 Å². The molecule has 0 aromatic carbocycles. The summed E-state index contributed by atoms with van der Waals surface area (Å²) < 4.78 is 0. The molecule has 0 aliphatic carbocycles. The number of aromatic nitrogens is 2. The lowest BCUT2D eigenvalue weighted by atomic mass is 10.2. The number of hydrogen-bond acceptors (Lipinski definition) is 5. The summed E-state index contributed by atoms with van der Waals surface area (Å²) in [5.74, 6) is 2.61. The van der Waals surface area contributed by atoms with Crippen molar-refractivity contribution in [3.05, 3.63) is 11.9 Å². The molecule has 5 heteroatoms. The lowest BCUT2D eigenvalue weighted by molar-refractivity contribution is 0.412. The van der Waals surface area contributed by atoms with Crippen molar-refractivity contribution in [2.24, 2.45) is 0 Å². The van der Waals surface area contributed by atoms with Crippen molar-refractivity contribution in [2.75, 3.05) is 44.4 Å². The Balaban J connectivity index is 2.94. The van der Waals surface area contributed by atoms with Crippen LogP contribution in [0.15, 0.2) is 6.07 Å². The van der Waals surface area contributed by atoms with Gasteiger partial charge < -0.3 is 15.5 Å². The predicted octanol–water partition coefficient (Wildman–Crippen LogP) is 1.96. The first kappa shape index (κ1) is 15.7. The molecule has 0 unspecified atom stereocenters. The standard InChI is InChI=1S/C14H27N5/c1-6-7-19(9-8-18(4)5)13-10-12(15)16-14(17-13)11(2)3/h10-11H,6-9H2,1-5H3,(H2,15,16,17). The van der Waals surface area contributed by atoms with Gasteiger partial charge in [-0.3, -0.25) is 0 Å². The highest BCUT2D eigenvalue weighted by atomic mass is 15.2. The third-order valence-electron chi connectivity index (χ3n) is 2.90. The average Bonchev–Trinajstić information content (AvgIpc) is 2.33. The minimum atomic E-state index is 0.291. The van der Waals surface area contributed by atoms with E-state index in [-0.39, 0.29) is 0 Å². The molecule has 0 aliphatic heterocycles. The maximum Gasteiger partial charge on any atom is 0.135 e. The Bertz CT molecular complexity index is 389. The highest BCUT2D eigenvalue weighted by Crippen LogP contribution is 2.18. The van der Waals surface area contributed by atoms with E-state index in [9.17, 15) is 0 Å². The molecule has 1 rings (SSSR count). The van der Waals surface area contributed by atoms with E-state index >= 15 is 0 Å². The summed E-state index contributed by atoms with van der Waals surface area (Å²) in [5.41, 5.74) is 5.90. The van der Waals surface area contributed by atoms with E-state index < -0.39 is 0 Å². The van der Waals surface area contributed by atoms with Crippen LogP contribution >= 0.6 is 0 Å². The van der Waals surface area contributed by atoms with Crippen molar-refractivity contribution in [1.82, 2.24) is 14.9 Å². The topological polar surface area (TPSA) is 58.3 Å². The van der Waals surface area contributed by atoms with Crippen molar-refractivity contribution < 1.29 is 0 Å². The number of nitrogen functional groups attached to an aromatic ring is 1. The van der Waals surface area contributed by atoms with Gasteiger partial charge in [0, 0.05) is 31.6 Å². The average molecular weight is 265 g/mol. The highest BCUT2D eigenvalue weighted by Gasteiger charge is 2.12. The van der Waals surface area contributed by atoms with Crippen LogP contribution in [0, 0.1) is 0 Å². The third-order valence-corrected chi connectivity index (χ3v) is 2.90. The van der Waals surface area contributed by atoms with Gasteiger partial charge in [0.1, 0.15) is 17.5 Å². The van der Waals surface area contributed by atoms with E-state index in [1.165, 1.54) is 0 Å². The summed E-state index contributed by atoms with van der Waals surface area (Å²) in [7, 11) is 4.16. The van der Waals surface area contributed by atoms with Crippen LogP contribution in [0.25, 0.3) is 0 Å². The Morgan fingerprint density at radius 3 is 2.37 bits per heavy atom. The number of nitrogens with zero attached hydrogens (tertiary/aromatic N) is 4. The molecule has 0 saturated heterocycles. The molecule has 0 saturated carbocycles. The molecular formula is C14H27N5. The second kappa shape index (κ2) is 7.28. The van der Waals surface area contributed by atoms with Gasteiger partial charge in [-0.1, -0.05) is 20.8 Å². The molecule has 19 heavy (non-hydrogen) atoms. The first-order chi connectivity index (χ1) is 8.93. The first-order valence-corrected chi connectivity index (χ1v) is 6.98. The molecule has 5 nitrogen and oxygen atoms in total. The normalized spacial score (nSPS) is 11.3. The zero-order chi connectivity index (χ0) is 14.4. The van der Waals surface area contributed by atoms with Gasteiger partial charge in [-0.05, 0) is 20.5 Å². The van der Waals surface area contributed by atoms with Crippen LogP contribution in [0.4, 0.5) is 11.6 Å². The molecule has 0 aliphatic rings. The lowest BCUT2D eigenvalue weighted by Crippen LogP contribution is -2.33. The number of likely N-dealkylation sites (N-methyl/N-ethyl adjacent to an activating group) is 1. The van der Waals surface area contributed by atoms with Crippen molar-refractivity contribution in [1.29, 1.82) is 0 Å². The molecule has 2 N–H and O–H groups in total. The van der Waals surface area contributed by atoms with Crippen LogP contribution in [0.2, 0.25) is 0 Å². The molecule has 1 aromatic heterocycles. The Morgan fingerprint density at radius 1 is 1.16 bits per heavy atom. The Morgan fingerprint density at radius 2 is 1.84 bits per heavy atom. The summed E-state index contributed by atoms with van der Waals surface area (Å²) in [4.78, 5) is 13.4. The van der Waals surface area contributed by atoms with E-state index in [0.717, 1.165) is 37.7 Å². The molecule has 0 bridgehead atoms. The molecule has 0 radical (unpaired) electrons. The second-order valence-electron chi connectivity index (χ2n) is 5.45. The maximum absolute atomic E-state index is 5.90. The number of nitrogens with two attached hydrogens (primary N) is 1. The quantitative estimate of drug-likeness (QED) is 0.816. The summed E-state index contributed by atoms with van der Waals surface area (Å²) >= 11 is 0. The largest absolute Gasteiger partial charge is 0.384 e. The first-order valence-electron chi connectivity index (χ1n) is 6.98. The lowest BCUT2D eigenvalue weighted by Gasteiger charge is -2.25. The van der Waals surface area contributed by atoms with Gasteiger partial charge in [-0.2, -0.15) is 0 Å². The minimum Gasteiger partial charge on any atom is -0.384 e. The Kier molecular flexibility index (Phi) is 6.02. The van der Waals surface area contributed by atoms with Gasteiger partial charge in [0.2, 0.25) is 0 Å². The zero-order valence-corrected chi connectivity index (χ0v) is 12.8. The van der Waals surface area contributed by atoms with Crippen LogP contribution in [0.1, 0.15) is 38.9 Å². The fraction of sp³-hybridized carbons (Fsp3) is 0.714. The molecule has 1 aromatic rings. The van der Waals surface area contributed by atoms with Crippen LogP contribution in [0.5, 0.6) is 0 Å². The van der Waals surface area contributed by atoms with E-state index in [0.29, 0.717) is 11.7 Å². The number of anilines is 2. The smallest absolute Gasteiger partial charge is 0.135 e. The molecule has 1 heterocycles. The van der Waals surface area contributed by atoms with Gasteiger partial charge in [-0.25, -0.2) is 9.97 Å². The van der Waals surface area contributed by atoms with E-state index in [4.69, 9.17) is 5.73 Å². The monoisotopic (exact) mass is 265 g/mol. The van der Waals surface area contributed by atoms with Gasteiger partial charge in [-0.15, -0.1) is 0 Å². The van der Waals surface area contributed by atoms with Crippen LogP contribution < -0.4 is 10.6 Å². The number of hydrogen-bond donors (Lipinski definition) is 1. The number of rotatable bonds is 7. The third kappa shape index (κ3) is 5.03. The Labute approximate surface area is 116 Å². The minimum absolute atomic E-state index is 0.291. The zero-order valence-electron chi connectivity index (χ0n) is 12.8. The molecule has 0 fully saturated rings. The summed E-state index contributed by atoms with van der Waals surface area (Å²) in [6.07, 6.45) is 1.09. The summed E-state index contributed by atoms with van der Waals surface area (Å²) in [6, 6.07) is 1.87. The SMILES string of the molecule is CCCN(CCN(C)C)c1cc(N)nc(C(C)C)n1. The molecular weight excluding hydrogens is 238 g/mol. The van der Waals surface area contributed by atoms with Crippen LogP contribution in [-0.2, 0) is 0 Å². The molecule has 0 atom stereocenters. The highest BCUT2D eigenvalue weighted by molar-refractivity contribution is 5.47. The van der Waals surface area contributed by atoms with Gasteiger partial charge in [0.15, 0.2) is 0 Å².